The summed E-state index contributed by atoms with van der Waals surface area (Å²) in [6.07, 6.45) is 0. The van der Waals surface area contributed by atoms with Gasteiger partial charge in [0.05, 0.1) is 11.6 Å². The number of benzene rings is 2. The summed E-state index contributed by atoms with van der Waals surface area (Å²) in [6, 6.07) is 17.4. The summed E-state index contributed by atoms with van der Waals surface area (Å²) in [4.78, 5) is 15.4. The number of aromatic nitrogens is 1. The van der Waals surface area contributed by atoms with Crippen molar-refractivity contribution in [1.29, 1.82) is 0 Å². The van der Waals surface area contributed by atoms with Gasteiger partial charge in [-0.3, -0.25) is 10.1 Å². The van der Waals surface area contributed by atoms with E-state index in [1.807, 2.05) is 55.5 Å². The fraction of sp³-hybridized carbons (Fsp3) is 0.143. The van der Waals surface area contributed by atoms with E-state index < -0.39 is 13.0 Å². The molecule has 8 heteroatoms. The van der Waals surface area contributed by atoms with Gasteiger partial charge in [0.2, 0.25) is 6.54 Å². The second-order valence-electron chi connectivity index (χ2n) is 7.05. The first kappa shape index (κ1) is 19.4. The SMILES string of the molecule is Cc1ccc2c(C(C[N+](=O)[O-])c3cc(B(O)O)cs3)c(-c3ccccc3)[nH]c2c1. The summed E-state index contributed by atoms with van der Waals surface area (Å²) in [6.45, 7) is 1.72. The molecule has 1 unspecified atom stereocenters. The van der Waals surface area contributed by atoms with Gasteiger partial charge < -0.3 is 15.0 Å². The van der Waals surface area contributed by atoms with Gasteiger partial charge >= 0.3 is 7.12 Å². The predicted octanol–water partition coefficient (Wildman–Crippen LogP) is 3.29. The number of nitro groups is 1. The van der Waals surface area contributed by atoms with E-state index in [-0.39, 0.29) is 11.5 Å². The van der Waals surface area contributed by atoms with Crippen molar-refractivity contribution in [3.8, 4) is 11.3 Å². The average molecular weight is 406 g/mol. The van der Waals surface area contributed by atoms with Crippen molar-refractivity contribution in [2.45, 2.75) is 12.8 Å². The van der Waals surface area contributed by atoms with Gasteiger partial charge in [-0.1, -0.05) is 42.5 Å². The van der Waals surface area contributed by atoms with Gasteiger partial charge in [0, 0.05) is 26.3 Å². The van der Waals surface area contributed by atoms with Crippen LogP contribution in [0.2, 0.25) is 0 Å². The van der Waals surface area contributed by atoms with Crippen LogP contribution in [0.25, 0.3) is 22.2 Å². The van der Waals surface area contributed by atoms with Crippen molar-refractivity contribution < 1.29 is 15.0 Å². The lowest BCUT2D eigenvalue weighted by Gasteiger charge is -2.14. The molecule has 0 fully saturated rings. The van der Waals surface area contributed by atoms with Crippen LogP contribution in [0.5, 0.6) is 0 Å². The molecule has 4 rings (SSSR count). The zero-order chi connectivity index (χ0) is 20.5. The molecule has 3 N–H and O–H groups in total. The molecule has 0 saturated heterocycles. The molecular weight excluding hydrogens is 387 g/mol. The third-order valence-corrected chi connectivity index (χ3v) is 6.08. The first-order chi connectivity index (χ1) is 13.9. The third-order valence-electron chi connectivity index (χ3n) is 5.02. The van der Waals surface area contributed by atoms with E-state index in [1.165, 1.54) is 11.3 Å². The fourth-order valence-corrected chi connectivity index (χ4v) is 4.71. The van der Waals surface area contributed by atoms with Crippen LogP contribution in [0.3, 0.4) is 0 Å². The predicted molar refractivity (Wildman–Crippen MR) is 116 cm³/mol. The van der Waals surface area contributed by atoms with Crippen LogP contribution in [0, 0.1) is 17.0 Å². The molecule has 0 amide bonds. The Labute approximate surface area is 171 Å². The number of rotatable bonds is 6. The number of fused-ring (bicyclic) bond motifs is 1. The van der Waals surface area contributed by atoms with Gasteiger partial charge in [-0.15, -0.1) is 11.3 Å². The number of nitrogens with one attached hydrogen (secondary N) is 1. The van der Waals surface area contributed by atoms with Gasteiger partial charge in [0.15, 0.2) is 0 Å². The number of aromatic amines is 1. The van der Waals surface area contributed by atoms with Crippen LogP contribution in [0.15, 0.2) is 60.0 Å². The molecule has 0 spiro atoms. The van der Waals surface area contributed by atoms with E-state index in [2.05, 4.69) is 4.98 Å². The van der Waals surface area contributed by atoms with Crippen LogP contribution in [-0.2, 0) is 0 Å². The molecule has 0 aliphatic heterocycles. The molecule has 2 heterocycles. The van der Waals surface area contributed by atoms with Crippen LogP contribution < -0.4 is 5.46 Å². The Morgan fingerprint density at radius 1 is 1.17 bits per heavy atom. The smallest absolute Gasteiger partial charge is 0.423 e. The summed E-state index contributed by atoms with van der Waals surface area (Å²) in [5.74, 6) is -0.519. The highest BCUT2D eigenvalue weighted by Gasteiger charge is 2.29. The standard InChI is InChI=1S/C21H19BN2O4S/c1-13-7-8-16-18(9-13)23-21(14-5-3-2-4-6-14)20(16)17(11-24(27)28)19-10-15(12-29-19)22(25)26/h2-10,12,17,23,25-26H,11H2,1H3. The van der Waals surface area contributed by atoms with Crippen LogP contribution in [-0.4, -0.2) is 33.6 Å². The largest absolute Gasteiger partial charge is 0.489 e. The number of thiophene rings is 1. The summed E-state index contributed by atoms with van der Waals surface area (Å²) in [5.41, 5.74) is 5.00. The van der Waals surface area contributed by atoms with E-state index in [9.17, 15) is 20.2 Å². The van der Waals surface area contributed by atoms with E-state index >= 15 is 0 Å². The van der Waals surface area contributed by atoms with Gasteiger partial charge in [-0.05, 0) is 41.0 Å². The van der Waals surface area contributed by atoms with Crippen molar-refractivity contribution in [2.24, 2.45) is 0 Å². The van der Waals surface area contributed by atoms with E-state index in [0.717, 1.165) is 38.2 Å². The maximum atomic E-state index is 11.6. The molecule has 0 aliphatic rings. The number of nitrogens with zero attached hydrogens (tertiary/aromatic N) is 1. The molecule has 6 nitrogen and oxygen atoms in total. The van der Waals surface area contributed by atoms with Crippen molar-refractivity contribution in [3.63, 3.8) is 0 Å². The second kappa shape index (κ2) is 7.83. The molecule has 1 atom stereocenters. The first-order valence-corrected chi connectivity index (χ1v) is 10.1. The lowest BCUT2D eigenvalue weighted by molar-refractivity contribution is -0.481. The summed E-state index contributed by atoms with van der Waals surface area (Å²) in [5, 5.41) is 33.1. The Morgan fingerprint density at radius 2 is 1.93 bits per heavy atom. The number of H-pyrrole nitrogens is 1. The summed E-state index contributed by atoms with van der Waals surface area (Å²) < 4.78 is 0. The Kier molecular flexibility index (Phi) is 5.23. The van der Waals surface area contributed by atoms with Gasteiger partial charge in [0.25, 0.3) is 0 Å². The molecule has 0 saturated carbocycles. The lowest BCUT2D eigenvalue weighted by Crippen LogP contribution is -2.28. The van der Waals surface area contributed by atoms with E-state index in [1.54, 1.807) is 11.4 Å². The molecule has 29 heavy (non-hydrogen) atoms. The highest BCUT2D eigenvalue weighted by atomic mass is 32.1. The minimum atomic E-state index is -1.60. The summed E-state index contributed by atoms with van der Waals surface area (Å²) in [7, 11) is -1.60. The molecule has 0 radical (unpaired) electrons. The van der Waals surface area contributed by atoms with E-state index in [0.29, 0.717) is 5.46 Å². The highest BCUT2D eigenvalue weighted by molar-refractivity contribution is 7.11. The number of aryl methyl sites for hydroxylation is 1. The quantitative estimate of drug-likeness (QED) is 0.260. The molecular formula is C21H19BN2O4S. The topological polar surface area (TPSA) is 99.4 Å². The molecule has 146 valence electrons. The monoisotopic (exact) mass is 406 g/mol. The lowest BCUT2D eigenvalue weighted by atomic mass is 9.81. The van der Waals surface area contributed by atoms with E-state index in [4.69, 9.17) is 0 Å². The van der Waals surface area contributed by atoms with Gasteiger partial charge in [-0.2, -0.15) is 0 Å². The Hall–Kier alpha value is -2.94. The minimum Gasteiger partial charge on any atom is -0.423 e. The van der Waals surface area contributed by atoms with Crippen LogP contribution in [0.4, 0.5) is 0 Å². The van der Waals surface area contributed by atoms with Crippen molar-refractivity contribution >= 4 is 34.8 Å². The number of hydrogen-bond acceptors (Lipinski definition) is 5. The van der Waals surface area contributed by atoms with Gasteiger partial charge in [-0.25, -0.2) is 0 Å². The third kappa shape index (κ3) is 3.82. The second-order valence-corrected chi connectivity index (χ2v) is 8.00. The summed E-state index contributed by atoms with van der Waals surface area (Å²) >= 11 is 1.30. The van der Waals surface area contributed by atoms with Crippen LogP contribution >= 0.6 is 11.3 Å². The van der Waals surface area contributed by atoms with Crippen molar-refractivity contribution in [1.82, 2.24) is 4.98 Å². The Morgan fingerprint density at radius 3 is 2.59 bits per heavy atom. The normalized spacial score (nSPS) is 12.2. The molecule has 0 aliphatic carbocycles. The molecule has 2 aromatic carbocycles. The fourth-order valence-electron chi connectivity index (χ4n) is 3.69. The zero-order valence-corrected chi connectivity index (χ0v) is 16.5. The zero-order valence-electron chi connectivity index (χ0n) is 15.7. The maximum absolute atomic E-state index is 11.6. The Bertz CT molecular complexity index is 1170. The van der Waals surface area contributed by atoms with Crippen molar-refractivity contribution in [2.75, 3.05) is 6.54 Å². The Balaban J connectivity index is 1.97. The van der Waals surface area contributed by atoms with Crippen molar-refractivity contribution in [3.05, 3.63) is 86.1 Å². The first-order valence-electron chi connectivity index (χ1n) is 9.18. The minimum absolute atomic E-state index is 0.290. The molecule has 2 aromatic heterocycles. The van der Waals surface area contributed by atoms with Gasteiger partial charge in [0.1, 0.15) is 0 Å². The molecule has 4 aromatic rings. The maximum Gasteiger partial charge on any atom is 0.489 e. The average Bonchev–Trinajstić information content (AvgIpc) is 3.32. The van der Waals surface area contributed by atoms with Crippen LogP contribution in [0.1, 0.15) is 21.9 Å². The molecule has 0 bridgehead atoms. The number of hydrogen-bond donors (Lipinski definition) is 3. The highest BCUT2D eigenvalue weighted by Crippen LogP contribution is 2.40.